The SMILES string of the molecule is COc1ccccc1C(=O)N(CC1CCN(Cc2ccccc2F)CC1)C[C@H]1CCCO1. The summed E-state index contributed by atoms with van der Waals surface area (Å²) in [6.07, 6.45) is 4.15. The predicted octanol–water partition coefficient (Wildman–Crippen LogP) is 4.37. The lowest BCUT2D eigenvalue weighted by Crippen LogP contribution is -2.43. The average molecular weight is 441 g/mol. The first kappa shape index (κ1) is 22.7. The summed E-state index contributed by atoms with van der Waals surface area (Å²) < 4.78 is 25.3. The van der Waals surface area contributed by atoms with Crippen LogP contribution in [0.1, 0.15) is 41.6 Å². The monoisotopic (exact) mass is 440 g/mol. The summed E-state index contributed by atoms with van der Waals surface area (Å²) in [6.45, 7) is 4.57. The van der Waals surface area contributed by atoms with Gasteiger partial charge in [0.15, 0.2) is 0 Å². The van der Waals surface area contributed by atoms with E-state index in [0.29, 0.717) is 36.9 Å². The molecule has 32 heavy (non-hydrogen) atoms. The number of ether oxygens (including phenoxy) is 2. The Morgan fingerprint density at radius 3 is 2.56 bits per heavy atom. The highest BCUT2D eigenvalue weighted by Gasteiger charge is 2.29. The maximum Gasteiger partial charge on any atom is 0.257 e. The number of piperidine rings is 1. The van der Waals surface area contributed by atoms with Crippen LogP contribution in [0.4, 0.5) is 4.39 Å². The summed E-state index contributed by atoms with van der Waals surface area (Å²) in [5.74, 6) is 0.896. The fourth-order valence-electron chi connectivity index (χ4n) is 4.77. The second-order valence-electron chi connectivity index (χ2n) is 8.86. The molecule has 6 heteroatoms. The molecule has 2 heterocycles. The van der Waals surface area contributed by atoms with Gasteiger partial charge in [0.2, 0.25) is 0 Å². The van der Waals surface area contributed by atoms with Gasteiger partial charge in [0.1, 0.15) is 11.6 Å². The number of carbonyl (C=O) groups excluding carboxylic acids is 1. The van der Waals surface area contributed by atoms with Gasteiger partial charge in [-0.15, -0.1) is 0 Å². The molecule has 0 unspecified atom stereocenters. The van der Waals surface area contributed by atoms with Crippen molar-refractivity contribution in [1.82, 2.24) is 9.80 Å². The van der Waals surface area contributed by atoms with E-state index in [1.54, 1.807) is 13.2 Å². The Bertz CT molecular complexity index is 892. The molecule has 2 aromatic carbocycles. The van der Waals surface area contributed by atoms with Crippen molar-refractivity contribution in [3.8, 4) is 5.75 Å². The van der Waals surface area contributed by atoms with Gasteiger partial charge >= 0.3 is 0 Å². The number of para-hydroxylation sites is 1. The highest BCUT2D eigenvalue weighted by atomic mass is 19.1. The largest absolute Gasteiger partial charge is 0.496 e. The van der Waals surface area contributed by atoms with Gasteiger partial charge in [-0.1, -0.05) is 30.3 Å². The van der Waals surface area contributed by atoms with Crippen molar-refractivity contribution in [2.45, 2.75) is 38.3 Å². The van der Waals surface area contributed by atoms with E-state index < -0.39 is 0 Å². The fraction of sp³-hybridized carbons (Fsp3) is 0.500. The number of rotatable bonds is 8. The molecule has 0 radical (unpaired) electrons. The van der Waals surface area contributed by atoms with Crippen LogP contribution in [0.2, 0.25) is 0 Å². The molecular weight excluding hydrogens is 407 g/mol. The van der Waals surface area contributed by atoms with Crippen molar-refractivity contribution in [2.75, 3.05) is 39.9 Å². The molecule has 0 aliphatic carbocycles. The minimum Gasteiger partial charge on any atom is -0.496 e. The fourth-order valence-corrected chi connectivity index (χ4v) is 4.77. The number of likely N-dealkylation sites (tertiary alicyclic amines) is 1. The van der Waals surface area contributed by atoms with E-state index >= 15 is 0 Å². The molecule has 2 saturated heterocycles. The van der Waals surface area contributed by atoms with Crippen LogP contribution < -0.4 is 4.74 Å². The molecule has 0 saturated carbocycles. The van der Waals surface area contributed by atoms with Crippen molar-refractivity contribution in [3.63, 3.8) is 0 Å². The average Bonchev–Trinajstić information content (AvgIpc) is 3.34. The topological polar surface area (TPSA) is 42.0 Å². The molecule has 0 N–H and O–H groups in total. The van der Waals surface area contributed by atoms with Gasteiger partial charge in [-0.25, -0.2) is 4.39 Å². The Kier molecular flexibility index (Phi) is 7.76. The number of halogens is 1. The second kappa shape index (κ2) is 10.9. The first-order chi connectivity index (χ1) is 15.6. The van der Waals surface area contributed by atoms with Gasteiger partial charge in [-0.2, -0.15) is 0 Å². The van der Waals surface area contributed by atoms with Crippen LogP contribution in [0.25, 0.3) is 0 Å². The van der Waals surface area contributed by atoms with Crippen molar-refractivity contribution >= 4 is 5.91 Å². The maximum absolute atomic E-state index is 14.0. The third kappa shape index (κ3) is 5.67. The molecule has 2 aliphatic rings. The lowest BCUT2D eigenvalue weighted by atomic mass is 9.95. The minimum atomic E-state index is -0.139. The van der Waals surface area contributed by atoms with Gasteiger partial charge in [0.05, 0.1) is 18.8 Å². The number of benzene rings is 2. The molecule has 2 aliphatic heterocycles. The summed E-state index contributed by atoms with van der Waals surface area (Å²) in [5.41, 5.74) is 1.35. The van der Waals surface area contributed by atoms with Crippen LogP contribution in [0, 0.1) is 11.7 Å². The Morgan fingerprint density at radius 2 is 1.84 bits per heavy atom. The smallest absolute Gasteiger partial charge is 0.257 e. The van der Waals surface area contributed by atoms with E-state index in [9.17, 15) is 9.18 Å². The molecule has 1 atom stereocenters. The third-order valence-electron chi connectivity index (χ3n) is 6.61. The summed E-state index contributed by atoms with van der Waals surface area (Å²) in [7, 11) is 1.60. The molecule has 0 spiro atoms. The van der Waals surface area contributed by atoms with Gasteiger partial charge in [0.25, 0.3) is 5.91 Å². The molecule has 5 nitrogen and oxygen atoms in total. The van der Waals surface area contributed by atoms with Gasteiger partial charge in [-0.05, 0) is 62.9 Å². The Morgan fingerprint density at radius 1 is 1.09 bits per heavy atom. The predicted molar refractivity (Wildman–Crippen MR) is 122 cm³/mol. The summed E-state index contributed by atoms with van der Waals surface area (Å²) in [6, 6.07) is 14.4. The van der Waals surface area contributed by atoms with Crippen LogP contribution >= 0.6 is 0 Å². The molecule has 172 valence electrons. The van der Waals surface area contributed by atoms with Crippen LogP contribution in [0.5, 0.6) is 5.75 Å². The molecule has 4 rings (SSSR count). The summed E-state index contributed by atoms with van der Waals surface area (Å²) in [4.78, 5) is 17.7. The van der Waals surface area contributed by atoms with Crippen molar-refractivity contribution in [3.05, 3.63) is 65.5 Å². The number of hydrogen-bond donors (Lipinski definition) is 0. The van der Waals surface area contributed by atoms with E-state index in [1.165, 1.54) is 6.07 Å². The lowest BCUT2D eigenvalue weighted by Gasteiger charge is -2.35. The quantitative estimate of drug-likeness (QED) is 0.611. The number of methoxy groups -OCH3 is 1. The molecule has 2 aromatic rings. The van der Waals surface area contributed by atoms with E-state index in [4.69, 9.17) is 9.47 Å². The van der Waals surface area contributed by atoms with Gasteiger partial charge in [-0.3, -0.25) is 9.69 Å². The van der Waals surface area contributed by atoms with Crippen molar-refractivity contribution < 1.29 is 18.7 Å². The summed E-state index contributed by atoms with van der Waals surface area (Å²) >= 11 is 0. The zero-order valence-corrected chi connectivity index (χ0v) is 18.8. The number of hydrogen-bond acceptors (Lipinski definition) is 4. The Balaban J connectivity index is 1.39. The zero-order chi connectivity index (χ0) is 22.3. The van der Waals surface area contributed by atoms with E-state index in [2.05, 4.69) is 4.90 Å². The first-order valence-corrected chi connectivity index (χ1v) is 11.6. The number of amides is 1. The minimum absolute atomic E-state index is 0.00624. The number of nitrogens with zero attached hydrogens (tertiary/aromatic N) is 2. The number of carbonyl (C=O) groups is 1. The van der Waals surface area contributed by atoms with Crippen LogP contribution in [-0.4, -0.2) is 61.7 Å². The van der Waals surface area contributed by atoms with Crippen molar-refractivity contribution in [1.29, 1.82) is 0 Å². The molecule has 0 aromatic heterocycles. The standard InChI is InChI=1S/C26H33FN2O3/c1-31-25-11-5-3-9-23(25)26(30)29(19-22-8-6-16-32-22)17-20-12-14-28(15-13-20)18-21-7-2-4-10-24(21)27/h2-5,7,9-11,20,22H,6,8,12-19H2,1H3/t22-/m1/s1. The van der Waals surface area contributed by atoms with Crippen LogP contribution in [-0.2, 0) is 11.3 Å². The molecule has 2 fully saturated rings. The van der Waals surface area contributed by atoms with Crippen LogP contribution in [0.15, 0.2) is 48.5 Å². The summed E-state index contributed by atoms with van der Waals surface area (Å²) in [5, 5.41) is 0. The van der Waals surface area contributed by atoms with E-state index in [0.717, 1.165) is 50.9 Å². The molecular formula is C26H33FN2O3. The maximum atomic E-state index is 14.0. The second-order valence-corrected chi connectivity index (χ2v) is 8.86. The van der Waals surface area contributed by atoms with Gasteiger partial charge in [0, 0.05) is 31.8 Å². The lowest BCUT2D eigenvalue weighted by molar-refractivity contribution is 0.0442. The highest BCUT2D eigenvalue weighted by molar-refractivity contribution is 5.97. The first-order valence-electron chi connectivity index (χ1n) is 11.6. The molecule has 0 bridgehead atoms. The Hall–Kier alpha value is -2.44. The third-order valence-corrected chi connectivity index (χ3v) is 6.61. The van der Waals surface area contributed by atoms with E-state index in [1.807, 2.05) is 41.3 Å². The van der Waals surface area contributed by atoms with Crippen molar-refractivity contribution in [2.24, 2.45) is 5.92 Å². The normalized spacial score (nSPS) is 19.8. The molecule has 1 amide bonds. The highest BCUT2D eigenvalue weighted by Crippen LogP contribution is 2.25. The van der Waals surface area contributed by atoms with Crippen LogP contribution in [0.3, 0.4) is 0 Å². The van der Waals surface area contributed by atoms with E-state index in [-0.39, 0.29) is 17.8 Å². The van der Waals surface area contributed by atoms with Gasteiger partial charge < -0.3 is 14.4 Å². The Labute approximate surface area is 190 Å². The zero-order valence-electron chi connectivity index (χ0n) is 18.8.